The van der Waals surface area contributed by atoms with Crippen LogP contribution in [0.15, 0.2) is 29.4 Å². The molecule has 1 aliphatic heterocycles. The van der Waals surface area contributed by atoms with Crippen LogP contribution in [0.2, 0.25) is 0 Å². The number of hydrogen-bond acceptors (Lipinski definition) is 7. The molecule has 11 nitrogen and oxygen atoms in total. The van der Waals surface area contributed by atoms with Crippen LogP contribution in [0, 0.1) is 22.7 Å². The predicted octanol–water partition coefficient (Wildman–Crippen LogP) is 4.58. The zero-order valence-corrected chi connectivity index (χ0v) is 30.4. The van der Waals surface area contributed by atoms with Crippen molar-refractivity contribution in [1.82, 2.24) is 25.8 Å². The van der Waals surface area contributed by atoms with Gasteiger partial charge in [-0.3, -0.25) is 19.2 Å². The summed E-state index contributed by atoms with van der Waals surface area (Å²) < 4.78 is 0. The van der Waals surface area contributed by atoms with E-state index >= 15 is 0 Å². The number of pyridine rings is 1. The highest BCUT2D eigenvalue weighted by Crippen LogP contribution is 2.40. The van der Waals surface area contributed by atoms with Crippen molar-refractivity contribution in [3.8, 4) is 0 Å². The smallest absolute Gasteiger partial charge is 0.315 e. The minimum atomic E-state index is -1.08. The lowest BCUT2D eigenvalue weighted by Crippen LogP contribution is -2.66. The Balaban J connectivity index is 1.54. The molecule has 4 atom stereocenters. The molecule has 48 heavy (non-hydrogen) atoms. The Morgan fingerprint density at radius 3 is 2.29 bits per heavy atom. The Hall–Kier alpha value is -3.15. The van der Waals surface area contributed by atoms with Gasteiger partial charge in [-0.1, -0.05) is 86.1 Å². The third-order valence-electron chi connectivity index (χ3n) is 10.9. The first-order chi connectivity index (χ1) is 22.5. The molecule has 3 fully saturated rings. The van der Waals surface area contributed by atoms with E-state index in [0.717, 1.165) is 56.4 Å². The first-order valence-corrected chi connectivity index (χ1v) is 18.6. The Morgan fingerprint density at radius 2 is 1.73 bits per heavy atom. The number of amides is 5. The molecule has 266 valence electrons. The number of likely N-dealkylation sites (tertiary alicyclic amines) is 1. The van der Waals surface area contributed by atoms with E-state index in [2.05, 4.69) is 41.7 Å². The van der Waals surface area contributed by atoms with Crippen LogP contribution in [0.3, 0.4) is 0 Å². The van der Waals surface area contributed by atoms with E-state index in [4.69, 9.17) is 5.73 Å². The number of piperidine rings is 1. The summed E-state index contributed by atoms with van der Waals surface area (Å²) in [6.07, 6.45) is 10.2. The molecule has 3 aliphatic rings. The number of nitrogens with zero attached hydrogens (tertiary/aromatic N) is 2. The monoisotopic (exact) mass is 684 g/mol. The lowest BCUT2D eigenvalue weighted by Gasteiger charge is -2.49. The largest absolute Gasteiger partial charge is 0.363 e. The van der Waals surface area contributed by atoms with Crippen LogP contribution in [0.5, 0.6) is 0 Å². The fraction of sp³-hybridized carbons (Fsp3) is 0.722. The molecule has 2 unspecified atom stereocenters. The Morgan fingerprint density at radius 1 is 1.04 bits per heavy atom. The van der Waals surface area contributed by atoms with Gasteiger partial charge in [0.1, 0.15) is 12.1 Å². The standard InChI is InChI=1S/C36H56N6O5S/c1-23-21-42(26(20-35(23,5)6)31(45)39-25(28(43)30(37)44)19-24-13-12-14-24)32(46)29(34(2,3)4)40-33(47)41-36(16-9-7-10-17-36)22-48-27-15-8-11-18-38-27/h8,11,15,18,23-26,29H,7,9-10,12-14,16-17,19-22H2,1-6H3,(H2,37,44)(H,39,45)(H2,40,41,47)/t23?,25?,26-,29+/m0/s1. The van der Waals surface area contributed by atoms with E-state index in [1.165, 1.54) is 0 Å². The van der Waals surface area contributed by atoms with Gasteiger partial charge in [0, 0.05) is 18.5 Å². The summed E-state index contributed by atoms with van der Waals surface area (Å²) in [5.74, 6) is -1.76. The number of nitrogens with one attached hydrogen (secondary N) is 3. The number of carbonyl (C=O) groups excluding carboxylic acids is 5. The maximum Gasteiger partial charge on any atom is 0.315 e. The number of rotatable bonds is 12. The highest BCUT2D eigenvalue weighted by atomic mass is 32.2. The van der Waals surface area contributed by atoms with Crippen LogP contribution in [-0.4, -0.2) is 75.4 Å². The van der Waals surface area contributed by atoms with Gasteiger partial charge in [0.15, 0.2) is 0 Å². The number of hydrogen-bond donors (Lipinski definition) is 4. The lowest BCUT2D eigenvalue weighted by atomic mass is 9.70. The minimum absolute atomic E-state index is 0.0621. The predicted molar refractivity (Wildman–Crippen MR) is 187 cm³/mol. The molecule has 1 saturated heterocycles. The van der Waals surface area contributed by atoms with Gasteiger partial charge >= 0.3 is 6.03 Å². The number of primary amides is 1. The van der Waals surface area contributed by atoms with Crippen molar-refractivity contribution in [2.75, 3.05) is 12.3 Å². The van der Waals surface area contributed by atoms with E-state index in [0.29, 0.717) is 25.1 Å². The van der Waals surface area contributed by atoms with E-state index in [-0.39, 0.29) is 23.2 Å². The van der Waals surface area contributed by atoms with Gasteiger partial charge in [-0.05, 0) is 60.5 Å². The van der Waals surface area contributed by atoms with E-state index in [9.17, 15) is 24.0 Å². The van der Waals surface area contributed by atoms with Gasteiger partial charge in [-0.15, -0.1) is 11.8 Å². The second kappa shape index (κ2) is 15.6. The Bertz CT molecular complexity index is 1320. The molecule has 0 bridgehead atoms. The summed E-state index contributed by atoms with van der Waals surface area (Å²) in [5.41, 5.74) is 3.97. The number of thioether (sulfide) groups is 1. The molecule has 5 N–H and O–H groups in total. The van der Waals surface area contributed by atoms with Gasteiger partial charge in [0.25, 0.3) is 5.91 Å². The molecule has 5 amide bonds. The molecular weight excluding hydrogens is 629 g/mol. The quantitative estimate of drug-likeness (QED) is 0.185. The SMILES string of the molecule is CC1CN(C(=O)[C@@H](NC(=O)NC2(CSc3ccccn3)CCCCC2)C(C)(C)C)[C@H](C(=O)NC(CC2CCC2)C(=O)C(N)=O)CC1(C)C. The minimum Gasteiger partial charge on any atom is -0.363 e. The topological polar surface area (TPSA) is 164 Å². The van der Waals surface area contributed by atoms with Crippen molar-refractivity contribution >= 4 is 41.3 Å². The number of aromatic nitrogens is 1. The van der Waals surface area contributed by atoms with Crippen LogP contribution >= 0.6 is 11.8 Å². The zero-order valence-electron chi connectivity index (χ0n) is 29.6. The normalized spacial score (nSPS) is 23.6. The van der Waals surface area contributed by atoms with Gasteiger partial charge in [-0.25, -0.2) is 9.78 Å². The van der Waals surface area contributed by atoms with Crippen molar-refractivity contribution in [2.45, 2.75) is 134 Å². The number of Topliss-reactive ketones (excluding diaryl/α,β-unsaturated/α-hetero) is 1. The Kier molecular flexibility index (Phi) is 12.2. The highest BCUT2D eigenvalue weighted by molar-refractivity contribution is 7.99. The first kappa shape index (κ1) is 37.7. The molecule has 2 saturated carbocycles. The summed E-state index contributed by atoms with van der Waals surface area (Å²) >= 11 is 1.62. The Labute approximate surface area is 290 Å². The average Bonchev–Trinajstić information content (AvgIpc) is 3.00. The van der Waals surface area contributed by atoms with Crippen LogP contribution < -0.4 is 21.7 Å². The number of nitrogens with two attached hydrogens (primary N) is 1. The van der Waals surface area contributed by atoms with Crippen molar-refractivity contribution < 1.29 is 24.0 Å². The molecule has 4 rings (SSSR count). The fourth-order valence-corrected chi connectivity index (χ4v) is 8.19. The number of ketones is 1. The van der Waals surface area contributed by atoms with Gasteiger partial charge in [-0.2, -0.15) is 0 Å². The van der Waals surface area contributed by atoms with Gasteiger partial charge in [0.2, 0.25) is 17.6 Å². The van der Waals surface area contributed by atoms with Crippen molar-refractivity contribution in [1.29, 1.82) is 0 Å². The molecule has 2 heterocycles. The van der Waals surface area contributed by atoms with Crippen LogP contribution in [-0.2, 0) is 19.2 Å². The van der Waals surface area contributed by atoms with Crippen molar-refractivity contribution in [2.24, 2.45) is 28.4 Å². The zero-order chi connectivity index (χ0) is 35.3. The lowest BCUT2D eigenvalue weighted by molar-refractivity contribution is -0.151. The van der Waals surface area contributed by atoms with Gasteiger partial charge < -0.3 is 26.6 Å². The number of carbonyl (C=O) groups is 5. The summed E-state index contributed by atoms with van der Waals surface area (Å²) in [6, 6.07) is 2.53. The third kappa shape index (κ3) is 9.51. The first-order valence-electron chi connectivity index (χ1n) is 17.6. The maximum atomic E-state index is 14.5. The molecule has 1 aromatic heterocycles. The van der Waals surface area contributed by atoms with E-state index in [1.807, 2.05) is 39.0 Å². The summed E-state index contributed by atoms with van der Waals surface area (Å²) in [7, 11) is 0. The molecule has 0 spiro atoms. The summed E-state index contributed by atoms with van der Waals surface area (Å²) in [4.78, 5) is 73.0. The molecule has 0 radical (unpaired) electrons. The second-order valence-corrected chi connectivity index (χ2v) is 17.1. The van der Waals surface area contributed by atoms with Crippen molar-refractivity contribution in [3.63, 3.8) is 0 Å². The summed E-state index contributed by atoms with van der Waals surface area (Å²) in [6.45, 7) is 12.2. The molecule has 12 heteroatoms. The third-order valence-corrected chi connectivity index (χ3v) is 12.1. The van der Waals surface area contributed by atoms with E-state index in [1.54, 1.807) is 22.9 Å². The van der Waals surface area contributed by atoms with Crippen molar-refractivity contribution in [3.05, 3.63) is 24.4 Å². The molecular formula is C36H56N6O5S. The highest BCUT2D eigenvalue weighted by Gasteiger charge is 2.48. The average molecular weight is 685 g/mol. The maximum absolute atomic E-state index is 14.5. The molecule has 1 aromatic rings. The van der Waals surface area contributed by atoms with Crippen LogP contribution in [0.1, 0.15) is 106 Å². The number of urea groups is 1. The van der Waals surface area contributed by atoms with Crippen LogP contribution in [0.25, 0.3) is 0 Å². The second-order valence-electron chi connectivity index (χ2n) is 16.1. The van der Waals surface area contributed by atoms with E-state index < -0.39 is 52.7 Å². The summed E-state index contributed by atoms with van der Waals surface area (Å²) in [5, 5.41) is 10.0. The van der Waals surface area contributed by atoms with Crippen LogP contribution in [0.4, 0.5) is 4.79 Å². The van der Waals surface area contributed by atoms with Gasteiger partial charge in [0.05, 0.1) is 16.6 Å². The fourth-order valence-electron chi connectivity index (χ4n) is 7.09. The molecule has 0 aromatic carbocycles. The molecule has 2 aliphatic carbocycles.